The van der Waals surface area contributed by atoms with Gasteiger partial charge in [0.25, 0.3) is 5.91 Å². The van der Waals surface area contributed by atoms with Crippen molar-refractivity contribution in [1.29, 1.82) is 0 Å². The maximum atomic E-state index is 12.1. The molecule has 1 aromatic carbocycles. The van der Waals surface area contributed by atoms with Crippen LogP contribution in [0.15, 0.2) is 24.3 Å². The van der Waals surface area contributed by atoms with E-state index in [4.69, 9.17) is 0 Å². The van der Waals surface area contributed by atoms with E-state index in [0.717, 1.165) is 25.9 Å². The predicted octanol–water partition coefficient (Wildman–Crippen LogP) is 1.33. The van der Waals surface area contributed by atoms with Gasteiger partial charge in [-0.05, 0) is 37.6 Å². The van der Waals surface area contributed by atoms with Gasteiger partial charge in [0.2, 0.25) is 5.91 Å². The highest BCUT2D eigenvalue weighted by Gasteiger charge is 2.21. The van der Waals surface area contributed by atoms with Gasteiger partial charge in [-0.15, -0.1) is 0 Å². The fourth-order valence-electron chi connectivity index (χ4n) is 2.31. The summed E-state index contributed by atoms with van der Waals surface area (Å²) in [5, 5.41) is 6.12. The fourth-order valence-corrected chi connectivity index (χ4v) is 2.31. The smallest absolute Gasteiger partial charge is 0.253 e. The highest BCUT2D eigenvalue weighted by Crippen LogP contribution is 2.16. The average Bonchev–Trinajstić information content (AvgIpc) is 2.47. The Bertz CT molecular complexity index is 494. The Labute approximate surface area is 119 Å². The number of benzene rings is 1. The first-order valence-electron chi connectivity index (χ1n) is 6.91. The number of amides is 2. The molecule has 0 spiro atoms. The topological polar surface area (TPSA) is 61.4 Å². The quantitative estimate of drug-likeness (QED) is 0.875. The molecule has 0 saturated carbocycles. The number of nitrogens with one attached hydrogen (secondary N) is 2. The van der Waals surface area contributed by atoms with Crippen molar-refractivity contribution in [3.8, 4) is 0 Å². The Morgan fingerprint density at radius 2 is 2.15 bits per heavy atom. The molecule has 1 fully saturated rings. The van der Waals surface area contributed by atoms with Gasteiger partial charge in [0.15, 0.2) is 0 Å². The highest BCUT2D eigenvalue weighted by atomic mass is 16.2. The largest absolute Gasteiger partial charge is 0.345 e. The van der Waals surface area contributed by atoms with Crippen molar-refractivity contribution < 1.29 is 9.59 Å². The average molecular weight is 275 g/mol. The maximum Gasteiger partial charge on any atom is 0.253 e. The first kappa shape index (κ1) is 14.5. The number of carbonyl (C=O) groups excluding carboxylic acids is 2. The van der Waals surface area contributed by atoms with E-state index in [1.807, 2.05) is 0 Å². The maximum absolute atomic E-state index is 12.1. The van der Waals surface area contributed by atoms with E-state index in [9.17, 15) is 9.59 Å². The zero-order valence-corrected chi connectivity index (χ0v) is 12.0. The normalized spacial score (nSPS) is 18.4. The van der Waals surface area contributed by atoms with E-state index in [1.165, 1.54) is 4.90 Å². The van der Waals surface area contributed by atoms with Crippen molar-refractivity contribution in [2.24, 2.45) is 5.92 Å². The van der Waals surface area contributed by atoms with Crippen LogP contribution in [0.3, 0.4) is 0 Å². The molecule has 1 atom stereocenters. The van der Waals surface area contributed by atoms with Crippen LogP contribution in [-0.4, -0.2) is 43.9 Å². The number of anilines is 1. The van der Waals surface area contributed by atoms with E-state index < -0.39 is 0 Å². The lowest BCUT2D eigenvalue weighted by atomic mass is 9.98. The lowest BCUT2D eigenvalue weighted by Gasteiger charge is -2.22. The number of carbonyl (C=O) groups is 2. The molecule has 0 unspecified atom stereocenters. The molecule has 5 heteroatoms. The minimum absolute atomic E-state index is 0.0111. The summed E-state index contributed by atoms with van der Waals surface area (Å²) in [5.41, 5.74) is 1.25. The monoisotopic (exact) mass is 275 g/mol. The van der Waals surface area contributed by atoms with Crippen molar-refractivity contribution in [1.82, 2.24) is 10.2 Å². The van der Waals surface area contributed by atoms with Crippen LogP contribution in [0.25, 0.3) is 0 Å². The molecule has 2 amide bonds. The standard InChI is InChI=1S/C15H21N3O2/c1-18(2)15(20)11-5-3-7-13(9-11)17-14(19)12-6-4-8-16-10-12/h3,5,7,9,12,16H,4,6,8,10H2,1-2H3,(H,17,19)/t12-/m1/s1. The van der Waals surface area contributed by atoms with Crippen molar-refractivity contribution in [2.45, 2.75) is 12.8 Å². The Morgan fingerprint density at radius 1 is 1.35 bits per heavy atom. The third-order valence-corrected chi connectivity index (χ3v) is 3.45. The summed E-state index contributed by atoms with van der Waals surface area (Å²) in [4.78, 5) is 25.5. The minimum Gasteiger partial charge on any atom is -0.345 e. The highest BCUT2D eigenvalue weighted by molar-refractivity contribution is 5.97. The van der Waals surface area contributed by atoms with Crippen LogP contribution in [0, 0.1) is 5.92 Å². The number of rotatable bonds is 3. The molecule has 0 aliphatic carbocycles. The Morgan fingerprint density at radius 3 is 2.80 bits per heavy atom. The molecule has 1 aliphatic rings. The van der Waals surface area contributed by atoms with E-state index in [0.29, 0.717) is 11.3 Å². The van der Waals surface area contributed by atoms with E-state index in [1.54, 1.807) is 38.4 Å². The molecule has 0 radical (unpaired) electrons. The van der Waals surface area contributed by atoms with Crippen LogP contribution < -0.4 is 10.6 Å². The summed E-state index contributed by atoms with van der Waals surface area (Å²) < 4.78 is 0. The predicted molar refractivity (Wildman–Crippen MR) is 78.7 cm³/mol. The molecule has 5 nitrogen and oxygen atoms in total. The van der Waals surface area contributed by atoms with Gasteiger partial charge in [-0.3, -0.25) is 9.59 Å². The molecule has 108 valence electrons. The second kappa shape index (κ2) is 6.52. The SMILES string of the molecule is CN(C)C(=O)c1cccc(NC(=O)[C@@H]2CCCNC2)c1. The van der Waals surface area contributed by atoms with Crippen LogP contribution in [0.1, 0.15) is 23.2 Å². The minimum atomic E-state index is -0.0690. The zero-order chi connectivity index (χ0) is 14.5. The molecule has 1 aliphatic heterocycles. The van der Waals surface area contributed by atoms with Crippen LogP contribution in [-0.2, 0) is 4.79 Å². The number of nitrogens with zero attached hydrogens (tertiary/aromatic N) is 1. The van der Waals surface area contributed by atoms with Crippen molar-refractivity contribution in [3.63, 3.8) is 0 Å². The number of hydrogen-bond acceptors (Lipinski definition) is 3. The molecule has 1 aromatic rings. The van der Waals surface area contributed by atoms with Crippen LogP contribution >= 0.6 is 0 Å². The van der Waals surface area contributed by atoms with Crippen molar-refractivity contribution in [2.75, 3.05) is 32.5 Å². The van der Waals surface area contributed by atoms with Gasteiger partial charge < -0.3 is 15.5 Å². The van der Waals surface area contributed by atoms with E-state index >= 15 is 0 Å². The first-order chi connectivity index (χ1) is 9.58. The molecule has 1 heterocycles. The lowest BCUT2D eigenvalue weighted by Crippen LogP contribution is -2.37. The molecule has 20 heavy (non-hydrogen) atoms. The first-order valence-corrected chi connectivity index (χ1v) is 6.91. The third kappa shape index (κ3) is 3.57. The number of hydrogen-bond donors (Lipinski definition) is 2. The van der Waals surface area contributed by atoms with Crippen LogP contribution in [0.2, 0.25) is 0 Å². The third-order valence-electron chi connectivity index (χ3n) is 3.45. The Balaban J connectivity index is 2.04. The van der Waals surface area contributed by atoms with Crippen molar-refractivity contribution in [3.05, 3.63) is 29.8 Å². The van der Waals surface area contributed by atoms with E-state index in [-0.39, 0.29) is 17.7 Å². The lowest BCUT2D eigenvalue weighted by molar-refractivity contribution is -0.120. The second-order valence-corrected chi connectivity index (χ2v) is 5.31. The summed E-state index contributed by atoms with van der Waals surface area (Å²) in [7, 11) is 3.42. The molecule has 0 bridgehead atoms. The van der Waals surface area contributed by atoms with Crippen LogP contribution in [0.5, 0.6) is 0 Å². The molecular weight excluding hydrogens is 254 g/mol. The van der Waals surface area contributed by atoms with Gasteiger partial charge in [-0.2, -0.15) is 0 Å². The molecule has 0 aromatic heterocycles. The molecule has 1 saturated heterocycles. The summed E-state index contributed by atoms with van der Waals surface area (Å²) in [6, 6.07) is 7.06. The summed E-state index contributed by atoms with van der Waals surface area (Å²) >= 11 is 0. The van der Waals surface area contributed by atoms with Crippen LogP contribution in [0.4, 0.5) is 5.69 Å². The van der Waals surface area contributed by atoms with Crippen molar-refractivity contribution >= 4 is 17.5 Å². The Kier molecular flexibility index (Phi) is 4.74. The van der Waals surface area contributed by atoms with Gasteiger partial charge >= 0.3 is 0 Å². The Hall–Kier alpha value is -1.88. The number of piperidine rings is 1. The van der Waals surface area contributed by atoms with Gasteiger partial charge in [-0.25, -0.2) is 0 Å². The van der Waals surface area contributed by atoms with Gasteiger partial charge in [0.1, 0.15) is 0 Å². The van der Waals surface area contributed by atoms with Gasteiger partial charge in [0.05, 0.1) is 5.92 Å². The second-order valence-electron chi connectivity index (χ2n) is 5.31. The van der Waals surface area contributed by atoms with Gasteiger partial charge in [0, 0.05) is 31.9 Å². The zero-order valence-electron chi connectivity index (χ0n) is 12.0. The molecule has 2 N–H and O–H groups in total. The summed E-state index contributed by atoms with van der Waals surface area (Å²) in [6.45, 7) is 1.71. The van der Waals surface area contributed by atoms with Gasteiger partial charge in [-0.1, -0.05) is 6.07 Å². The van der Waals surface area contributed by atoms with E-state index in [2.05, 4.69) is 10.6 Å². The molecule has 2 rings (SSSR count). The summed E-state index contributed by atoms with van der Waals surface area (Å²) in [5.74, 6) is -0.0379. The summed E-state index contributed by atoms with van der Waals surface area (Å²) in [6.07, 6.45) is 1.94. The fraction of sp³-hybridized carbons (Fsp3) is 0.467. The molecular formula is C15H21N3O2.